The fourth-order valence-corrected chi connectivity index (χ4v) is 3.89. The first-order valence-electron chi connectivity index (χ1n) is 7.63. The molecule has 0 fully saturated rings. The van der Waals surface area contributed by atoms with Gasteiger partial charge in [0, 0.05) is 28.4 Å². The molecular weight excluding hydrogens is 415 g/mol. The molecule has 0 aliphatic heterocycles. The van der Waals surface area contributed by atoms with E-state index in [9.17, 15) is 40.8 Å². The summed E-state index contributed by atoms with van der Waals surface area (Å²) in [6, 6.07) is 5.37. The summed E-state index contributed by atoms with van der Waals surface area (Å²) in [5.74, 6) is -6.26. The lowest BCUT2D eigenvalue weighted by Crippen LogP contribution is -2.50. The van der Waals surface area contributed by atoms with Gasteiger partial charge in [-0.1, -0.05) is 36.8 Å². The van der Waals surface area contributed by atoms with Crippen molar-refractivity contribution < 1.29 is 35.7 Å². The molecule has 1 aliphatic carbocycles. The summed E-state index contributed by atoms with van der Waals surface area (Å²) in [5, 5.41) is 5.77. The van der Waals surface area contributed by atoms with Crippen molar-refractivity contribution in [1.82, 2.24) is 0 Å². The van der Waals surface area contributed by atoms with E-state index in [-0.39, 0.29) is 16.8 Å². The highest BCUT2D eigenvalue weighted by Crippen LogP contribution is 2.55. The molecule has 0 bridgehead atoms. The minimum Gasteiger partial charge on any atom is -0.258 e. The molecule has 0 aromatic heterocycles. The highest BCUT2D eigenvalue weighted by Gasteiger charge is 2.73. The molecule has 0 heterocycles. The van der Waals surface area contributed by atoms with Crippen LogP contribution in [0.25, 0.3) is 0 Å². The summed E-state index contributed by atoms with van der Waals surface area (Å²) in [7, 11) is 0. The van der Waals surface area contributed by atoms with Gasteiger partial charge in [0.25, 0.3) is 5.69 Å². The molecule has 1 radical (unpaired) electrons. The predicted molar refractivity (Wildman–Crippen MR) is 90.1 cm³/mol. The van der Waals surface area contributed by atoms with Crippen LogP contribution in [0.5, 0.6) is 0 Å². The summed E-state index contributed by atoms with van der Waals surface area (Å²) < 4.78 is 91.0. The van der Waals surface area contributed by atoms with Crippen molar-refractivity contribution in [3.63, 3.8) is 0 Å². The first-order valence-corrected chi connectivity index (χ1v) is 8.45. The van der Waals surface area contributed by atoms with Crippen LogP contribution in [0.3, 0.4) is 0 Å². The van der Waals surface area contributed by atoms with Crippen LogP contribution < -0.4 is 0 Å². The Labute approximate surface area is 159 Å². The molecular formula is C17H13F7NO2S. The lowest BCUT2D eigenvalue weighted by molar-refractivity contribution is -0.385. The second-order valence-electron chi connectivity index (χ2n) is 6.33. The number of allylic oxidation sites excluding steroid dienone is 3. The molecule has 1 aromatic carbocycles. The zero-order chi connectivity index (χ0) is 21.5. The molecule has 11 heteroatoms. The molecule has 2 rings (SSSR count). The number of alkyl halides is 7. The highest BCUT2D eigenvalue weighted by molar-refractivity contribution is 8.04. The van der Waals surface area contributed by atoms with Gasteiger partial charge in [-0.05, 0) is 24.8 Å². The van der Waals surface area contributed by atoms with Gasteiger partial charge < -0.3 is 0 Å². The summed E-state index contributed by atoms with van der Waals surface area (Å²) in [4.78, 5) is 9.99. The number of nitrogens with zero attached hydrogens (tertiary/aromatic N) is 1. The predicted octanol–water partition coefficient (Wildman–Crippen LogP) is 6.42. The fourth-order valence-electron chi connectivity index (χ4n) is 2.80. The van der Waals surface area contributed by atoms with Crippen LogP contribution in [0.1, 0.15) is 19.4 Å². The monoisotopic (exact) mass is 428 g/mol. The van der Waals surface area contributed by atoms with Gasteiger partial charge in [0.1, 0.15) is 0 Å². The van der Waals surface area contributed by atoms with E-state index in [4.69, 9.17) is 0 Å². The zero-order valence-electron chi connectivity index (χ0n) is 14.4. The largest absolute Gasteiger partial charge is 0.460 e. The Morgan fingerprint density at radius 2 is 1.64 bits per heavy atom. The van der Waals surface area contributed by atoms with Crippen LogP contribution in [0.4, 0.5) is 36.4 Å². The van der Waals surface area contributed by atoms with Crippen molar-refractivity contribution >= 4 is 17.4 Å². The number of nitro benzene ring substituents is 1. The van der Waals surface area contributed by atoms with Gasteiger partial charge in [0.05, 0.1) is 4.92 Å². The van der Waals surface area contributed by atoms with Gasteiger partial charge in [-0.3, -0.25) is 10.1 Å². The molecule has 1 unspecified atom stereocenters. The number of thioether (sulfide) groups is 1. The van der Waals surface area contributed by atoms with E-state index in [0.717, 1.165) is 12.2 Å². The number of benzene rings is 1. The van der Waals surface area contributed by atoms with Gasteiger partial charge in [0.15, 0.2) is 0 Å². The maximum atomic E-state index is 13.8. The molecule has 0 amide bonds. The topological polar surface area (TPSA) is 43.1 Å². The number of hydrogen-bond acceptors (Lipinski definition) is 3. The number of rotatable bonds is 5. The van der Waals surface area contributed by atoms with E-state index in [0.29, 0.717) is 0 Å². The van der Waals surface area contributed by atoms with Crippen LogP contribution in [0, 0.1) is 16.5 Å². The summed E-state index contributed by atoms with van der Waals surface area (Å²) in [5.41, 5.74) is -1.36. The molecule has 153 valence electrons. The molecule has 1 atom stereocenters. The van der Waals surface area contributed by atoms with Gasteiger partial charge in [-0.2, -0.15) is 30.7 Å². The number of halogens is 7. The first kappa shape index (κ1) is 22.3. The Balaban J connectivity index is 2.49. The van der Waals surface area contributed by atoms with Crippen LogP contribution in [-0.4, -0.2) is 22.3 Å². The standard InChI is InChI=1S/C17H13F7NO2S/c1-10-7-11(28-17(23,24)15(18,19)16(20,21)22)9-14(2,8-10)12-5-3-4-6-13(12)25(26)27/h3-9H,1-2H3. The maximum Gasteiger partial charge on any atom is 0.460 e. The minimum atomic E-state index is -6.44. The van der Waals surface area contributed by atoms with Crippen LogP contribution in [-0.2, 0) is 5.41 Å². The van der Waals surface area contributed by atoms with Crippen molar-refractivity contribution in [1.29, 1.82) is 0 Å². The molecule has 0 saturated carbocycles. The number of para-hydroxylation sites is 1. The van der Waals surface area contributed by atoms with Gasteiger partial charge in [-0.25, -0.2) is 0 Å². The number of nitro groups is 1. The average Bonchev–Trinajstić information content (AvgIpc) is 2.52. The highest BCUT2D eigenvalue weighted by atomic mass is 32.2. The SMILES string of the molecule is CC1=CC(SC(F)(F)C(F)(F)C(F)(F)F)=CC(C)(c2ccccc2[N+](=O)[O-])[CH]1. The van der Waals surface area contributed by atoms with Crippen molar-refractivity contribution in [2.24, 2.45) is 0 Å². The Morgan fingerprint density at radius 3 is 2.18 bits per heavy atom. The smallest absolute Gasteiger partial charge is 0.258 e. The third-order valence-corrected chi connectivity index (χ3v) is 4.97. The maximum absolute atomic E-state index is 13.8. The molecule has 0 saturated heterocycles. The second-order valence-corrected chi connectivity index (χ2v) is 7.52. The second kappa shape index (κ2) is 7.09. The molecule has 1 aromatic rings. The summed E-state index contributed by atoms with van der Waals surface area (Å²) in [6.45, 7) is 2.83. The fraction of sp³-hybridized carbons (Fsp3) is 0.353. The van der Waals surface area contributed by atoms with E-state index in [2.05, 4.69) is 0 Å². The zero-order valence-corrected chi connectivity index (χ0v) is 15.2. The van der Waals surface area contributed by atoms with E-state index in [1.807, 2.05) is 0 Å². The number of hydrogen-bond donors (Lipinski definition) is 0. The van der Waals surface area contributed by atoms with Crippen LogP contribution in [0.2, 0.25) is 0 Å². The lowest BCUT2D eigenvalue weighted by Gasteiger charge is -2.33. The quantitative estimate of drug-likeness (QED) is 0.309. The Kier molecular flexibility index (Phi) is 5.63. The van der Waals surface area contributed by atoms with Crippen molar-refractivity contribution in [2.45, 2.75) is 36.6 Å². The molecule has 1 aliphatic rings. The third kappa shape index (κ3) is 4.03. The Bertz CT molecular complexity index is 848. The van der Waals surface area contributed by atoms with E-state index >= 15 is 0 Å². The molecule has 3 nitrogen and oxygen atoms in total. The van der Waals surface area contributed by atoms with Crippen molar-refractivity contribution in [2.75, 3.05) is 0 Å². The van der Waals surface area contributed by atoms with Crippen LogP contribution >= 0.6 is 11.8 Å². The normalized spacial score (nSPS) is 21.2. The van der Waals surface area contributed by atoms with Crippen molar-refractivity contribution in [3.8, 4) is 0 Å². The van der Waals surface area contributed by atoms with Gasteiger partial charge in [-0.15, -0.1) is 0 Å². The average molecular weight is 428 g/mol. The van der Waals surface area contributed by atoms with Crippen molar-refractivity contribution in [3.05, 3.63) is 69.0 Å². The van der Waals surface area contributed by atoms with E-state index in [1.165, 1.54) is 44.5 Å². The summed E-state index contributed by atoms with van der Waals surface area (Å²) in [6.07, 6.45) is -2.94. The van der Waals surface area contributed by atoms with Gasteiger partial charge in [0.2, 0.25) is 0 Å². The molecule has 0 N–H and O–H groups in total. The van der Waals surface area contributed by atoms with Gasteiger partial charge >= 0.3 is 17.4 Å². The van der Waals surface area contributed by atoms with E-state index in [1.54, 1.807) is 0 Å². The summed E-state index contributed by atoms with van der Waals surface area (Å²) >= 11 is -0.937. The van der Waals surface area contributed by atoms with Crippen LogP contribution in [0.15, 0.2) is 46.9 Å². The Hall–Kier alpha value is -2.04. The third-order valence-electron chi connectivity index (χ3n) is 3.99. The minimum absolute atomic E-state index is 0.0800. The lowest BCUT2D eigenvalue weighted by atomic mass is 9.74. The van der Waals surface area contributed by atoms with E-state index < -0.39 is 44.4 Å². The molecule has 0 spiro atoms. The first-order chi connectivity index (χ1) is 12.6. The molecule has 28 heavy (non-hydrogen) atoms. The Morgan fingerprint density at radius 1 is 1.07 bits per heavy atom.